The third kappa shape index (κ3) is 3.49. The Morgan fingerprint density at radius 2 is 1.83 bits per heavy atom. The fourth-order valence-electron chi connectivity index (χ4n) is 2.07. The number of amides is 1. The number of benzene rings is 1. The zero-order valence-corrected chi connectivity index (χ0v) is 11.7. The van der Waals surface area contributed by atoms with Gasteiger partial charge in [-0.05, 0) is 31.0 Å². The lowest BCUT2D eigenvalue weighted by Gasteiger charge is -2.28. The van der Waals surface area contributed by atoms with Crippen molar-refractivity contribution >= 4 is 5.91 Å². The van der Waals surface area contributed by atoms with Crippen molar-refractivity contribution in [2.75, 3.05) is 7.05 Å². The third-order valence-electron chi connectivity index (χ3n) is 3.45. The summed E-state index contributed by atoms with van der Waals surface area (Å²) in [5.74, 6) is 0.497. The van der Waals surface area contributed by atoms with Crippen molar-refractivity contribution in [3.63, 3.8) is 0 Å². The molecule has 1 rings (SSSR count). The predicted octanol–water partition coefficient (Wildman–Crippen LogP) is 3.35. The fraction of sp³-hybridized carbons (Fsp3) is 0.533. The molecule has 0 saturated heterocycles. The highest BCUT2D eigenvalue weighted by atomic mass is 16.3. The molecule has 0 fully saturated rings. The molecule has 1 aromatic rings. The summed E-state index contributed by atoms with van der Waals surface area (Å²) in [5.41, 5.74) is 1.03. The Morgan fingerprint density at radius 1 is 1.28 bits per heavy atom. The van der Waals surface area contributed by atoms with E-state index in [0.29, 0.717) is 0 Å². The van der Waals surface area contributed by atoms with E-state index in [1.165, 1.54) is 0 Å². The Balaban J connectivity index is 2.74. The van der Waals surface area contributed by atoms with Gasteiger partial charge in [0.05, 0.1) is 6.04 Å². The van der Waals surface area contributed by atoms with Crippen molar-refractivity contribution in [1.29, 1.82) is 0 Å². The standard InChI is InChI=1S/C15H23NO2/c1-5-6-11(2)15(18)16(4)12(3)13-7-9-14(17)10-8-13/h7-12,17H,5-6H2,1-4H3. The van der Waals surface area contributed by atoms with Crippen LogP contribution in [0.3, 0.4) is 0 Å². The zero-order valence-electron chi connectivity index (χ0n) is 11.7. The molecule has 0 bridgehead atoms. The van der Waals surface area contributed by atoms with Crippen LogP contribution in [0.25, 0.3) is 0 Å². The lowest BCUT2D eigenvalue weighted by atomic mass is 10.0. The Bertz CT molecular complexity index is 386. The number of phenolic OH excluding ortho intramolecular Hbond substituents is 1. The van der Waals surface area contributed by atoms with E-state index in [0.717, 1.165) is 18.4 Å². The smallest absolute Gasteiger partial charge is 0.225 e. The van der Waals surface area contributed by atoms with Gasteiger partial charge in [-0.2, -0.15) is 0 Å². The van der Waals surface area contributed by atoms with Crippen LogP contribution in [0.5, 0.6) is 5.75 Å². The van der Waals surface area contributed by atoms with Crippen molar-refractivity contribution in [1.82, 2.24) is 4.90 Å². The molecule has 0 aliphatic heterocycles. The molecule has 3 nitrogen and oxygen atoms in total. The third-order valence-corrected chi connectivity index (χ3v) is 3.45. The first kappa shape index (κ1) is 14.6. The molecule has 0 aromatic heterocycles. The van der Waals surface area contributed by atoms with Gasteiger partial charge in [-0.15, -0.1) is 0 Å². The summed E-state index contributed by atoms with van der Waals surface area (Å²) in [6.45, 7) is 6.07. The van der Waals surface area contributed by atoms with E-state index < -0.39 is 0 Å². The Hall–Kier alpha value is -1.51. The monoisotopic (exact) mass is 249 g/mol. The Morgan fingerprint density at radius 3 is 2.33 bits per heavy atom. The van der Waals surface area contributed by atoms with Gasteiger partial charge in [0.25, 0.3) is 0 Å². The van der Waals surface area contributed by atoms with E-state index in [4.69, 9.17) is 0 Å². The molecule has 100 valence electrons. The number of carbonyl (C=O) groups excluding carboxylic acids is 1. The van der Waals surface area contributed by atoms with E-state index in [1.54, 1.807) is 17.0 Å². The second-order valence-electron chi connectivity index (χ2n) is 4.91. The summed E-state index contributed by atoms with van der Waals surface area (Å²) in [4.78, 5) is 14.0. The summed E-state index contributed by atoms with van der Waals surface area (Å²) >= 11 is 0. The molecule has 1 N–H and O–H groups in total. The van der Waals surface area contributed by atoms with Crippen LogP contribution in [0.15, 0.2) is 24.3 Å². The van der Waals surface area contributed by atoms with Crippen molar-refractivity contribution in [3.05, 3.63) is 29.8 Å². The molecular weight excluding hydrogens is 226 g/mol. The van der Waals surface area contributed by atoms with Gasteiger partial charge in [-0.25, -0.2) is 0 Å². The number of nitrogens with zero attached hydrogens (tertiary/aromatic N) is 1. The van der Waals surface area contributed by atoms with Gasteiger partial charge >= 0.3 is 0 Å². The summed E-state index contributed by atoms with van der Waals surface area (Å²) in [7, 11) is 1.84. The highest BCUT2D eigenvalue weighted by Gasteiger charge is 2.21. The molecule has 2 unspecified atom stereocenters. The molecule has 0 radical (unpaired) electrons. The number of hydrogen-bond acceptors (Lipinski definition) is 2. The number of phenols is 1. The molecule has 0 spiro atoms. The summed E-state index contributed by atoms with van der Waals surface area (Å²) in [5, 5.41) is 9.26. The van der Waals surface area contributed by atoms with Gasteiger partial charge < -0.3 is 10.0 Å². The van der Waals surface area contributed by atoms with Crippen LogP contribution in [0, 0.1) is 5.92 Å². The molecular formula is C15H23NO2. The lowest BCUT2D eigenvalue weighted by molar-refractivity contribution is -0.135. The normalized spacial score (nSPS) is 14.0. The first-order valence-electron chi connectivity index (χ1n) is 6.53. The van der Waals surface area contributed by atoms with Crippen molar-refractivity contribution in [2.24, 2.45) is 5.92 Å². The number of hydrogen-bond donors (Lipinski definition) is 1. The summed E-state index contributed by atoms with van der Waals surface area (Å²) in [6, 6.07) is 7.04. The minimum Gasteiger partial charge on any atom is -0.508 e. The first-order valence-corrected chi connectivity index (χ1v) is 6.53. The maximum Gasteiger partial charge on any atom is 0.225 e. The number of carbonyl (C=O) groups is 1. The molecule has 3 heteroatoms. The minimum absolute atomic E-state index is 0.0254. The van der Waals surface area contributed by atoms with Crippen LogP contribution >= 0.6 is 0 Å². The second-order valence-corrected chi connectivity index (χ2v) is 4.91. The zero-order chi connectivity index (χ0) is 13.7. The van der Waals surface area contributed by atoms with Crippen LogP contribution in [0.2, 0.25) is 0 Å². The van der Waals surface area contributed by atoms with Gasteiger partial charge in [-0.1, -0.05) is 32.4 Å². The van der Waals surface area contributed by atoms with Gasteiger partial charge in [0.1, 0.15) is 5.75 Å². The Kier molecular flexibility index (Phi) is 5.20. The van der Waals surface area contributed by atoms with E-state index in [-0.39, 0.29) is 23.6 Å². The van der Waals surface area contributed by atoms with Gasteiger partial charge in [0.2, 0.25) is 5.91 Å². The molecule has 1 aromatic carbocycles. The minimum atomic E-state index is 0.0254. The highest BCUT2D eigenvalue weighted by molar-refractivity contribution is 5.78. The topological polar surface area (TPSA) is 40.5 Å². The number of aromatic hydroxyl groups is 1. The average molecular weight is 249 g/mol. The molecule has 0 heterocycles. The van der Waals surface area contributed by atoms with Crippen LogP contribution in [0.1, 0.15) is 45.2 Å². The van der Waals surface area contributed by atoms with E-state index in [1.807, 2.05) is 33.0 Å². The maximum atomic E-state index is 12.2. The van der Waals surface area contributed by atoms with E-state index >= 15 is 0 Å². The lowest BCUT2D eigenvalue weighted by Crippen LogP contribution is -2.33. The largest absolute Gasteiger partial charge is 0.508 e. The molecule has 1 amide bonds. The first-order chi connectivity index (χ1) is 8.47. The van der Waals surface area contributed by atoms with Gasteiger partial charge in [0.15, 0.2) is 0 Å². The quantitative estimate of drug-likeness (QED) is 0.869. The van der Waals surface area contributed by atoms with Gasteiger partial charge in [0, 0.05) is 13.0 Å². The predicted molar refractivity (Wildman–Crippen MR) is 73.4 cm³/mol. The van der Waals surface area contributed by atoms with Crippen LogP contribution < -0.4 is 0 Å². The van der Waals surface area contributed by atoms with Crippen molar-refractivity contribution in [2.45, 2.75) is 39.7 Å². The molecule has 2 atom stereocenters. The summed E-state index contributed by atoms with van der Waals surface area (Å²) < 4.78 is 0. The highest BCUT2D eigenvalue weighted by Crippen LogP contribution is 2.23. The van der Waals surface area contributed by atoms with Crippen molar-refractivity contribution in [3.8, 4) is 5.75 Å². The number of rotatable bonds is 5. The fourth-order valence-corrected chi connectivity index (χ4v) is 2.07. The molecule has 0 saturated carbocycles. The van der Waals surface area contributed by atoms with Crippen LogP contribution in [-0.4, -0.2) is 23.0 Å². The summed E-state index contributed by atoms with van der Waals surface area (Å²) in [6.07, 6.45) is 1.94. The molecule has 0 aliphatic carbocycles. The van der Waals surface area contributed by atoms with Gasteiger partial charge in [-0.3, -0.25) is 4.79 Å². The second kappa shape index (κ2) is 6.43. The van der Waals surface area contributed by atoms with Crippen LogP contribution in [0.4, 0.5) is 0 Å². The Labute approximate surface area is 109 Å². The van der Waals surface area contributed by atoms with E-state index in [2.05, 4.69) is 6.92 Å². The molecule has 0 aliphatic rings. The average Bonchev–Trinajstić information content (AvgIpc) is 2.37. The van der Waals surface area contributed by atoms with Crippen LogP contribution in [-0.2, 0) is 4.79 Å². The van der Waals surface area contributed by atoms with E-state index in [9.17, 15) is 9.90 Å². The van der Waals surface area contributed by atoms with Crippen molar-refractivity contribution < 1.29 is 9.90 Å². The maximum absolute atomic E-state index is 12.2. The molecule has 18 heavy (non-hydrogen) atoms. The SMILES string of the molecule is CCCC(C)C(=O)N(C)C(C)c1ccc(O)cc1.